The zero-order valence-electron chi connectivity index (χ0n) is 18.2. The minimum atomic E-state index is -0.284. The van der Waals surface area contributed by atoms with Crippen molar-refractivity contribution >= 4 is 5.91 Å². The van der Waals surface area contributed by atoms with Crippen molar-refractivity contribution in [3.8, 4) is 17.2 Å². The topological polar surface area (TPSA) is 82.8 Å². The average molecular weight is 422 g/mol. The first-order valence-electron chi connectivity index (χ1n) is 10.2. The summed E-state index contributed by atoms with van der Waals surface area (Å²) in [5.41, 5.74) is 3.04. The molecule has 0 bridgehead atoms. The minimum Gasteiger partial charge on any atom is -0.489 e. The van der Waals surface area contributed by atoms with Gasteiger partial charge in [0.15, 0.2) is 11.5 Å². The standard InChI is InChI=1S/C24H26N2O5/c1-15-20(16(2)31-26-15)12-28-19-7-5-6-17(10-19)23(27)25-13-24(3,4)18-8-9-21-22(11-18)30-14-29-21/h5-11H,12-14H2,1-4H3,(H,25,27). The van der Waals surface area contributed by atoms with Crippen molar-refractivity contribution in [3.63, 3.8) is 0 Å². The second kappa shape index (κ2) is 8.34. The Morgan fingerprint density at radius 1 is 1.13 bits per heavy atom. The predicted octanol–water partition coefficient (Wildman–Crippen LogP) is 4.31. The quantitative estimate of drug-likeness (QED) is 0.611. The van der Waals surface area contributed by atoms with Gasteiger partial charge in [0.25, 0.3) is 5.91 Å². The Bertz CT molecular complexity index is 1080. The lowest BCUT2D eigenvalue weighted by atomic mass is 9.84. The Labute approximate surface area is 181 Å². The van der Waals surface area contributed by atoms with Crippen molar-refractivity contribution in [2.75, 3.05) is 13.3 Å². The van der Waals surface area contributed by atoms with E-state index in [0.717, 1.165) is 34.1 Å². The van der Waals surface area contributed by atoms with Crippen LogP contribution in [0.2, 0.25) is 0 Å². The fraction of sp³-hybridized carbons (Fsp3) is 0.333. The van der Waals surface area contributed by atoms with E-state index in [1.54, 1.807) is 18.2 Å². The molecule has 0 radical (unpaired) electrons. The Morgan fingerprint density at radius 2 is 1.94 bits per heavy atom. The number of hydrogen-bond acceptors (Lipinski definition) is 6. The van der Waals surface area contributed by atoms with Crippen LogP contribution in [0.5, 0.6) is 17.2 Å². The van der Waals surface area contributed by atoms with Gasteiger partial charge in [-0.2, -0.15) is 0 Å². The highest BCUT2D eigenvalue weighted by atomic mass is 16.7. The van der Waals surface area contributed by atoms with Crippen LogP contribution in [0.3, 0.4) is 0 Å². The van der Waals surface area contributed by atoms with Gasteiger partial charge in [0, 0.05) is 17.5 Å². The van der Waals surface area contributed by atoms with Gasteiger partial charge in [0.2, 0.25) is 6.79 Å². The zero-order valence-corrected chi connectivity index (χ0v) is 18.2. The third kappa shape index (κ3) is 4.50. The molecule has 0 unspecified atom stereocenters. The summed E-state index contributed by atoms with van der Waals surface area (Å²) in [5, 5.41) is 6.96. The van der Waals surface area contributed by atoms with Crippen LogP contribution in [0.25, 0.3) is 0 Å². The number of fused-ring (bicyclic) bond motifs is 1. The van der Waals surface area contributed by atoms with E-state index in [1.807, 2.05) is 38.1 Å². The highest BCUT2D eigenvalue weighted by Crippen LogP contribution is 2.36. The van der Waals surface area contributed by atoms with E-state index < -0.39 is 0 Å². The average Bonchev–Trinajstić information content (AvgIpc) is 3.36. The van der Waals surface area contributed by atoms with Gasteiger partial charge in [-0.05, 0) is 49.7 Å². The van der Waals surface area contributed by atoms with Crippen LogP contribution in [0.15, 0.2) is 47.0 Å². The maximum Gasteiger partial charge on any atom is 0.251 e. The van der Waals surface area contributed by atoms with Crippen molar-refractivity contribution < 1.29 is 23.5 Å². The molecule has 0 saturated heterocycles. The maximum absolute atomic E-state index is 12.8. The van der Waals surface area contributed by atoms with E-state index in [-0.39, 0.29) is 18.1 Å². The summed E-state index contributed by atoms with van der Waals surface area (Å²) in [6, 6.07) is 13.0. The van der Waals surface area contributed by atoms with Crippen molar-refractivity contribution in [2.45, 2.75) is 39.7 Å². The number of carbonyl (C=O) groups is 1. The molecule has 3 aromatic rings. The number of aromatic nitrogens is 1. The van der Waals surface area contributed by atoms with Gasteiger partial charge >= 0.3 is 0 Å². The molecule has 0 aliphatic carbocycles. The summed E-state index contributed by atoms with van der Waals surface area (Å²) in [6.45, 7) is 8.93. The zero-order chi connectivity index (χ0) is 22.0. The number of nitrogens with zero attached hydrogens (tertiary/aromatic N) is 1. The number of nitrogens with one attached hydrogen (secondary N) is 1. The number of rotatable bonds is 7. The molecule has 0 spiro atoms. The number of carbonyl (C=O) groups excluding carboxylic acids is 1. The van der Waals surface area contributed by atoms with Crippen LogP contribution in [-0.2, 0) is 12.0 Å². The molecule has 7 nitrogen and oxygen atoms in total. The second-order valence-corrected chi connectivity index (χ2v) is 8.25. The first-order chi connectivity index (χ1) is 14.8. The molecular formula is C24H26N2O5. The summed E-state index contributed by atoms with van der Waals surface area (Å²) >= 11 is 0. The summed E-state index contributed by atoms with van der Waals surface area (Å²) < 4.78 is 21.9. The maximum atomic E-state index is 12.8. The Kier molecular flexibility index (Phi) is 5.59. The molecule has 7 heteroatoms. The van der Waals surface area contributed by atoms with Gasteiger partial charge in [-0.15, -0.1) is 0 Å². The molecule has 1 aliphatic rings. The second-order valence-electron chi connectivity index (χ2n) is 8.25. The molecule has 2 heterocycles. The van der Waals surface area contributed by atoms with Gasteiger partial charge in [-0.1, -0.05) is 31.1 Å². The molecule has 162 valence electrons. The van der Waals surface area contributed by atoms with Crippen LogP contribution < -0.4 is 19.5 Å². The van der Waals surface area contributed by atoms with Crippen LogP contribution in [0.4, 0.5) is 0 Å². The number of hydrogen-bond donors (Lipinski definition) is 1. The monoisotopic (exact) mass is 422 g/mol. The largest absolute Gasteiger partial charge is 0.489 e. The van der Waals surface area contributed by atoms with E-state index in [1.165, 1.54) is 0 Å². The van der Waals surface area contributed by atoms with Crippen LogP contribution in [-0.4, -0.2) is 24.4 Å². The molecular weight excluding hydrogens is 396 g/mol. The molecule has 31 heavy (non-hydrogen) atoms. The van der Waals surface area contributed by atoms with Crippen molar-refractivity contribution in [1.82, 2.24) is 10.5 Å². The lowest BCUT2D eigenvalue weighted by Crippen LogP contribution is -2.36. The van der Waals surface area contributed by atoms with Crippen LogP contribution >= 0.6 is 0 Å². The van der Waals surface area contributed by atoms with Crippen LogP contribution in [0.1, 0.15) is 46.8 Å². The summed E-state index contributed by atoms with van der Waals surface area (Å²) in [7, 11) is 0. The highest BCUT2D eigenvalue weighted by Gasteiger charge is 2.25. The summed E-state index contributed by atoms with van der Waals surface area (Å²) in [6.07, 6.45) is 0. The fourth-order valence-electron chi connectivity index (χ4n) is 3.41. The highest BCUT2D eigenvalue weighted by molar-refractivity contribution is 5.94. The third-order valence-corrected chi connectivity index (χ3v) is 5.51. The first-order valence-corrected chi connectivity index (χ1v) is 10.2. The molecule has 0 atom stereocenters. The lowest BCUT2D eigenvalue weighted by molar-refractivity contribution is 0.0945. The molecule has 1 aromatic heterocycles. The predicted molar refractivity (Wildman–Crippen MR) is 115 cm³/mol. The number of benzene rings is 2. The van der Waals surface area contributed by atoms with E-state index in [2.05, 4.69) is 24.3 Å². The molecule has 1 N–H and O–H groups in total. The van der Waals surface area contributed by atoms with Crippen molar-refractivity contribution in [2.24, 2.45) is 0 Å². The number of ether oxygens (including phenoxy) is 3. The van der Waals surface area contributed by atoms with Crippen molar-refractivity contribution in [3.05, 3.63) is 70.6 Å². The normalized spacial score (nSPS) is 12.6. The summed E-state index contributed by atoms with van der Waals surface area (Å²) in [4.78, 5) is 12.8. The van der Waals surface area contributed by atoms with E-state index in [0.29, 0.717) is 24.5 Å². The van der Waals surface area contributed by atoms with Crippen molar-refractivity contribution in [1.29, 1.82) is 0 Å². The Hall–Kier alpha value is -3.48. The van der Waals surface area contributed by atoms with E-state index >= 15 is 0 Å². The number of aryl methyl sites for hydroxylation is 2. The summed E-state index contributed by atoms with van der Waals surface area (Å²) in [5.74, 6) is 2.67. The van der Waals surface area contributed by atoms with Gasteiger partial charge < -0.3 is 24.1 Å². The fourth-order valence-corrected chi connectivity index (χ4v) is 3.41. The van der Waals surface area contributed by atoms with Gasteiger partial charge in [0.1, 0.15) is 18.1 Å². The van der Waals surface area contributed by atoms with Gasteiger partial charge in [-0.25, -0.2) is 0 Å². The SMILES string of the molecule is Cc1noc(C)c1COc1cccc(C(=O)NCC(C)(C)c2ccc3c(c2)OCO3)c1. The molecule has 0 fully saturated rings. The Morgan fingerprint density at radius 3 is 2.71 bits per heavy atom. The van der Waals surface area contributed by atoms with Gasteiger partial charge in [0.05, 0.1) is 11.3 Å². The molecule has 4 rings (SSSR count). The van der Waals surface area contributed by atoms with Gasteiger partial charge in [-0.3, -0.25) is 4.79 Å². The molecule has 2 aromatic carbocycles. The molecule has 1 amide bonds. The molecule has 1 aliphatic heterocycles. The van der Waals surface area contributed by atoms with Crippen LogP contribution in [0, 0.1) is 13.8 Å². The molecule has 0 saturated carbocycles. The van der Waals surface area contributed by atoms with E-state index in [4.69, 9.17) is 18.7 Å². The number of amides is 1. The minimum absolute atomic E-state index is 0.156. The smallest absolute Gasteiger partial charge is 0.251 e. The Balaban J connectivity index is 1.39. The van der Waals surface area contributed by atoms with E-state index in [9.17, 15) is 4.79 Å². The third-order valence-electron chi connectivity index (χ3n) is 5.51. The lowest BCUT2D eigenvalue weighted by Gasteiger charge is -2.26. The first kappa shape index (κ1) is 20.8.